The number of carbonyl (C=O) groups is 1. The molecule has 2 heterocycles. The van der Waals surface area contributed by atoms with Crippen molar-refractivity contribution in [2.24, 2.45) is 0 Å². The normalized spacial score (nSPS) is 15.5. The Balaban J connectivity index is 1.43. The van der Waals surface area contributed by atoms with Gasteiger partial charge in [0.15, 0.2) is 11.5 Å². The van der Waals surface area contributed by atoms with Crippen molar-refractivity contribution in [3.8, 4) is 11.5 Å². The third-order valence-corrected chi connectivity index (χ3v) is 4.72. The highest BCUT2D eigenvalue weighted by molar-refractivity contribution is 7.07. The third kappa shape index (κ3) is 4.00. The van der Waals surface area contributed by atoms with Crippen LogP contribution in [-0.2, 0) is 6.42 Å². The maximum Gasteiger partial charge on any atom is 0.317 e. The van der Waals surface area contributed by atoms with Gasteiger partial charge in [-0.3, -0.25) is 0 Å². The summed E-state index contributed by atoms with van der Waals surface area (Å²) < 4.78 is 11.2. The van der Waals surface area contributed by atoms with E-state index in [1.54, 1.807) is 23.3 Å². The van der Waals surface area contributed by atoms with Crippen LogP contribution in [0.1, 0.15) is 12.5 Å². The monoisotopic (exact) mass is 346 g/mol. The first-order valence-electron chi connectivity index (χ1n) is 8.02. The lowest BCUT2D eigenvalue weighted by molar-refractivity contribution is 0.0419. The molecule has 1 fully saturated rings. The van der Waals surface area contributed by atoms with Gasteiger partial charge in [0.1, 0.15) is 6.10 Å². The minimum Gasteiger partial charge on any atom is -0.493 e. The predicted octanol–water partition coefficient (Wildman–Crippen LogP) is 3.16. The number of rotatable bonds is 6. The van der Waals surface area contributed by atoms with E-state index in [9.17, 15) is 4.79 Å². The second-order valence-corrected chi connectivity index (χ2v) is 6.76. The smallest absolute Gasteiger partial charge is 0.317 e. The molecule has 3 rings (SSSR count). The fourth-order valence-corrected chi connectivity index (χ4v) is 3.37. The minimum atomic E-state index is -0.0300. The first-order chi connectivity index (χ1) is 11.7. The van der Waals surface area contributed by atoms with Gasteiger partial charge < -0.3 is 19.7 Å². The molecule has 1 aromatic carbocycles. The van der Waals surface area contributed by atoms with E-state index < -0.39 is 0 Å². The number of nitrogens with one attached hydrogen (secondary N) is 1. The summed E-state index contributed by atoms with van der Waals surface area (Å²) in [5, 5.41) is 7.21. The zero-order chi connectivity index (χ0) is 16.9. The van der Waals surface area contributed by atoms with Crippen molar-refractivity contribution in [3.05, 3.63) is 46.7 Å². The van der Waals surface area contributed by atoms with Crippen molar-refractivity contribution >= 4 is 17.4 Å². The summed E-state index contributed by atoms with van der Waals surface area (Å²) in [6.45, 7) is 3.21. The minimum absolute atomic E-state index is 0.0132. The summed E-state index contributed by atoms with van der Waals surface area (Å²) in [5.74, 6) is 1.43. The van der Waals surface area contributed by atoms with Crippen LogP contribution in [0.2, 0.25) is 0 Å². The van der Waals surface area contributed by atoms with Gasteiger partial charge in [-0.25, -0.2) is 4.79 Å². The first kappa shape index (κ1) is 16.6. The molecule has 24 heavy (non-hydrogen) atoms. The molecule has 0 radical (unpaired) electrons. The topological polar surface area (TPSA) is 50.8 Å². The summed E-state index contributed by atoms with van der Waals surface area (Å²) >= 11 is 1.68. The molecule has 1 aromatic heterocycles. The average Bonchev–Trinajstić information content (AvgIpc) is 3.03. The number of likely N-dealkylation sites (tertiary alicyclic amines) is 1. The van der Waals surface area contributed by atoms with E-state index in [2.05, 4.69) is 22.1 Å². The van der Waals surface area contributed by atoms with Gasteiger partial charge in [0.25, 0.3) is 0 Å². The Morgan fingerprint density at radius 1 is 1.33 bits per heavy atom. The number of hydrogen-bond acceptors (Lipinski definition) is 4. The summed E-state index contributed by atoms with van der Waals surface area (Å²) in [7, 11) is 1.62. The van der Waals surface area contributed by atoms with Gasteiger partial charge in [0.2, 0.25) is 0 Å². The second-order valence-electron chi connectivity index (χ2n) is 5.98. The van der Waals surface area contributed by atoms with Gasteiger partial charge in [-0.1, -0.05) is 12.1 Å². The summed E-state index contributed by atoms with van der Waals surface area (Å²) in [4.78, 5) is 14.0. The van der Waals surface area contributed by atoms with Crippen molar-refractivity contribution in [1.29, 1.82) is 0 Å². The SMILES string of the molecule is COc1ccccc1OC1CN(C(=O)NC(C)Cc2ccsc2)C1. The maximum atomic E-state index is 12.2. The van der Waals surface area contributed by atoms with E-state index in [0.29, 0.717) is 18.8 Å². The van der Waals surface area contributed by atoms with E-state index in [1.165, 1.54) is 5.56 Å². The van der Waals surface area contributed by atoms with Gasteiger partial charge >= 0.3 is 6.03 Å². The number of amides is 2. The first-order valence-corrected chi connectivity index (χ1v) is 8.96. The zero-order valence-electron chi connectivity index (χ0n) is 13.9. The van der Waals surface area contributed by atoms with Crippen LogP contribution in [0.5, 0.6) is 11.5 Å². The molecule has 1 saturated heterocycles. The van der Waals surface area contributed by atoms with Crippen molar-refractivity contribution in [1.82, 2.24) is 10.2 Å². The highest BCUT2D eigenvalue weighted by atomic mass is 32.1. The number of benzene rings is 1. The molecule has 2 amide bonds. The van der Waals surface area contributed by atoms with Crippen molar-refractivity contribution in [3.63, 3.8) is 0 Å². The van der Waals surface area contributed by atoms with Gasteiger partial charge in [-0.15, -0.1) is 0 Å². The second kappa shape index (κ2) is 7.57. The fourth-order valence-electron chi connectivity index (χ4n) is 2.69. The van der Waals surface area contributed by atoms with E-state index >= 15 is 0 Å². The molecule has 0 bridgehead atoms. The number of ether oxygens (including phenoxy) is 2. The Morgan fingerprint density at radius 3 is 2.75 bits per heavy atom. The Bertz CT molecular complexity index is 669. The number of urea groups is 1. The lowest BCUT2D eigenvalue weighted by Gasteiger charge is -2.39. The molecule has 128 valence electrons. The van der Waals surface area contributed by atoms with Gasteiger partial charge in [0.05, 0.1) is 20.2 Å². The Kier molecular flexibility index (Phi) is 5.25. The van der Waals surface area contributed by atoms with Crippen LogP contribution in [0.15, 0.2) is 41.1 Å². The number of carbonyl (C=O) groups excluding carboxylic acids is 1. The molecule has 1 N–H and O–H groups in total. The van der Waals surface area contributed by atoms with Crippen LogP contribution in [0.4, 0.5) is 4.79 Å². The molecule has 1 unspecified atom stereocenters. The molecular formula is C18H22N2O3S. The van der Waals surface area contributed by atoms with Gasteiger partial charge in [-0.2, -0.15) is 11.3 Å². The largest absolute Gasteiger partial charge is 0.493 e. The van der Waals surface area contributed by atoms with Crippen LogP contribution in [0.25, 0.3) is 0 Å². The number of thiophene rings is 1. The van der Waals surface area contributed by atoms with Gasteiger partial charge in [0, 0.05) is 6.04 Å². The highest BCUT2D eigenvalue weighted by Gasteiger charge is 2.33. The summed E-state index contributed by atoms with van der Waals surface area (Å²) in [5.41, 5.74) is 1.26. The quantitative estimate of drug-likeness (QED) is 0.874. The fraction of sp³-hybridized carbons (Fsp3) is 0.389. The predicted molar refractivity (Wildman–Crippen MR) is 95.0 cm³/mol. The Hall–Kier alpha value is -2.21. The highest BCUT2D eigenvalue weighted by Crippen LogP contribution is 2.28. The van der Waals surface area contributed by atoms with Crippen molar-refractivity contribution < 1.29 is 14.3 Å². The van der Waals surface area contributed by atoms with Crippen molar-refractivity contribution in [2.45, 2.75) is 25.5 Å². The molecular weight excluding hydrogens is 324 g/mol. The number of nitrogens with zero attached hydrogens (tertiary/aromatic N) is 1. The van der Waals surface area contributed by atoms with Crippen LogP contribution in [0.3, 0.4) is 0 Å². The van der Waals surface area contributed by atoms with Crippen LogP contribution < -0.4 is 14.8 Å². The number of para-hydroxylation sites is 2. The van der Waals surface area contributed by atoms with E-state index in [0.717, 1.165) is 12.2 Å². The van der Waals surface area contributed by atoms with E-state index in [-0.39, 0.29) is 18.2 Å². The maximum absolute atomic E-state index is 12.2. The third-order valence-electron chi connectivity index (χ3n) is 3.99. The van der Waals surface area contributed by atoms with Crippen LogP contribution in [-0.4, -0.2) is 43.3 Å². The lowest BCUT2D eigenvalue weighted by Crippen LogP contribution is -2.60. The molecule has 0 aliphatic carbocycles. The molecule has 6 heteroatoms. The van der Waals surface area contributed by atoms with Crippen LogP contribution in [0, 0.1) is 0 Å². The molecule has 5 nitrogen and oxygen atoms in total. The molecule has 1 atom stereocenters. The number of methoxy groups -OCH3 is 1. The lowest BCUT2D eigenvalue weighted by atomic mass is 10.1. The zero-order valence-corrected chi connectivity index (χ0v) is 14.7. The summed E-state index contributed by atoms with van der Waals surface area (Å²) in [6.07, 6.45) is 0.865. The Morgan fingerprint density at radius 2 is 2.08 bits per heavy atom. The summed E-state index contributed by atoms with van der Waals surface area (Å²) in [6, 6.07) is 9.73. The van der Waals surface area contributed by atoms with Gasteiger partial charge in [-0.05, 0) is 47.9 Å². The molecule has 2 aromatic rings. The molecule has 0 saturated carbocycles. The average molecular weight is 346 g/mol. The van der Waals surface area contributed by atoms with E-state index in [1.807, 2.05) is 31.2 Å². The number of hydrogen-bond donors (Lipinski definition) is 1. The standard InChI is InChI=1S/C18H22N2O3S/c1-13(9-14-7-8-24-12-14)19-18(21)20-10-15(11-20)23-17-6-4-3-5-16(17)22-2/h3-8,12-13,15H,9-11H2,1-2H3,(H,19,21). The van der Waals surface area contributed by atoms with Crippen molar-refractivity contribution in [2.75, 3.05) is 20.2 Å². The molecule has 1 aliphatic rings. The molecule has 1 aliphatic heterocycles. The molecule has 0 spiro atoms. The van der Waals surface area contributed by atoms with E-state index in [4.69, 9.17) is 9.47 Å². The van der Waals surface area contributed by atoms with Crippen LogP contribution >= 0.6 is 11.3 Å². The Labute approximate surface area is 146 Å².